The summed E-state index contributed by atoms with van der Waals surface area (Å²) in [7, 11) is -3.10. The number of nitro groups is 1. The van der Waals surface area contributed by atoms with Crippen LogP contribution in [0.25, 0.3) is 0 Å². The highest BCUT2D eigenvalue weighted by Crippen LogP contribution is 2.39. The average Bonchev–Trinajstić information content (AvgIpc) is 2.95. The molecule has 0 aliphatic heterocycles. The van der Waals surface area contributed by atoms with Crippen molar-refractivity contribution in [1.29, 1.82) is 5.26 Å². The normalized spacial score (nSPS) is 12.5. The van der Waals surface area contributed by atoms with E-state index in [0.717, 1.165) is 18.2 Å². The molecule has 0 saturated carbocycles. The van der Waals surface area contributed by atoms with E-state index in [4.69, 9.17) is 42.1 Å². The highest BCUT2D eigenvalue weighted by molar-refractivity contribution is 9.11. The van der Waals surface area contributed by atoms with Crippen molar-refractivity contribution in [2.75, 3.05) is 19.4 Å². The van der Waals surface area contributed by atoms with Crippen LogP contribution in [0, 0.1) is 21.4 Å². The molecule has 46 heavy (non-hydrogen) atoms. The molecular formula is C27H26Br2ClF3N3O9P. The van der Waals surface area contributed by atoms with E-state index in [-0.39, 0.29) is 52.9 Å². The number of carbonyl (C=O) groups is 1. The summed E-state index contributed by atoms with van der Waals surface area (Å²) in [5.41, 5.74) is 4.44. The molecule has 0 aliphatic rings. The number of aliphatic carboxylic acids is 1. The van der Waals surface area contributed by atoms with Gasteiger partial charge >= 0.3 is 17.8 Å². The average molecular weight is 820 g/mol. The number of nitriles is 1. The van der Waals surface area contributed by atoms with Crippen LogP contribution in [0.1, 0.15) is 24.5 Å². The van der Waals surface area contributed by atoms with Gasteiger partial charge in [0, 0.05) is 25.0 Å². The van der Waals surface area contributed by atoms with Crippen molar-refractivity contribution in [2.45, 2.75) is 25.6 Å². The van der Waals surface area contributed by atoms with Gasteiger partial charge < -0.3 is 30.3 Å². The van der Waals surface area contributed by atoms with Crippen molar-refractivity contribution >= 4 is 62.5 Å². The van der Waals surface area contributed by atoms with Gasteiger partial charge in [0.05, 0.1) is 42.7 Å². The molecule has 0 fully saturated rings. The minimum absolute atomic E-state index is 0.0111. The molecule has 250 valence electrons. The first-order valence-corrected chi connectivity index (χ1v) is 16.8. The summed E-state index contributed by atoms with van der Waals surface area (Å²) in [6.07, 6.45) is -4.52. The van der Waals surface area contributed by atoms with Crippen molar-refractivity contribution < 1.29 is 52.0 Å². The van der Waals surface area contributed by atoms with Crippen LogP contribution in [0.3, 0.4) is 0 Å². The minimum Gasteiger partial charge on any atom is -0.506 e. The first-order chi connectivity index (χ1) is 21.2. The molecule has 0 spiro atoms. The zero-order valence-electron chi connectivity index (χ0n) is 23.8. The van der Waals surface area contributed by atoms with Gasteiger partial charge in [0.1, 0.15) is 23.3 Å². The Bertz CT molecular complexity index is 1610. The monoisotopic (exact) mass is 817 g/mol. The largest absolute Gasteiger partial charge is 0.506 e. The molecule has 0 aromatic heterocycles. The molecular weight excluding hydrogens is 794 g/mol. The summed E-state index contributed by atoms with van der Waals surface area (Å²) in [5.74, 6) is -0.905. The van der Waals surface area contributed by atoms with Gasteiger partial charge in [-0.05, 0) is 81.6 Å². The number of nitrogens with two attached hydrogens (primary N) is 1. The summed E-state index contributed by atoms with van der Waals surface area (Å²) < 4.78 is 60.1. The van der Waals surface area contributed by atoms with Crippen LogP contribution in [0.15, 0.2) is 57.5 Å². The van der Waals surface area contributed by atoms with E-state index in [1.54, 1.807) is 19.1 Å². The first kappa shape index (κ1) is 40.6. The van der Waals surface area contributed by atoms with Gasteiger partial charge in [-0.3, -0.25) is 19.5 Å². The van der Waals surface area contributed by atoms with Gasteiger partial charge in [0.25, 0.3) is 0 Å². The molecule has 0 bridgehead atoms. The summed E-state index contributed by atoms with van der Waals surface area (Å²) >= 11 is 12.0. The third-order valence-electron chi connectivity index (χ3n) is 5.23. The number of nitrogens with zero attached hydrogens (tertiary/aromatic N) is 2. The summed E-state index contributed by atoms with van der Waals surface area (Å²) in [6, 6.07) is 10.4. The number of rotatable bonds is 9. The number of hydrogen-bond donors (Lipinski definition) is 4. The fourth-order valence-corrected chi connectivity index (χ4v) is 5.16. The molecule has 19 heteroatoms. The SMILES string of the molecule is CCOc1cc(Oc2ccc(C(F)(F)F)cc2Cl)ccc1[N+](=O)[O-].CP(=O)(O)CCC(N)C(=O)O.N#Cc1cc(Br)c(O)c(Br)c1. The second-order valence-electron chi connectivity index (χ2n) is 8.97. The Labute approximate surface area is 282 Å². The maximum atomic E-state index is 12.6. The summed E-state index contributed by atoms with van der Waals surface area (Å²) in [6.45, 7) is 3.04. The van der Waals surface area contributed by atoms with Crippen LogP contribution < -0.4 is 15.2 Å². The summed E-state index contributed by atoms with van der Waals surface area (Å²) in [5, 5.41) is 36.7. The predicted octanol–water partition coefficient (Wildman–Crippen LogP) is 7.94. The second-order valence-corrected chi connectivity index (χ2v) is 13.6. The number of carboxylic acids is 1. The van der Waals surface area contributed by atoms with Gasteiger partial charge in [-0.15, -0.1) is 0 Å². The van der Waals surface area contributed by atoms with Crippen molar-refractivity contribution in [3.05, 3.63) is 83.7 Å². The van der Waals surface area contributed by atoms with Crippen molar-refractivity contribution in [1.82, 2.24) is 0 Å². The predicted molar refractivity (Wildman–Crippen MR) is 170 cm³/mol. The summed E-state index contributed by atoms with van der Waals surface area (Å²) in [4.78, 5) is 29.2. The molecule has 5 N–H and O–H groups in total. The van der Waals surface area contributed by atoms with Gasteiger partial charge in [-0.25, -0.2) is 0 Å². The molecule has 0 aliphatic carbocycles. The molecule has 2 unspecified atom stereocenters. The minimum atomic E-state index is -4.52. The maximum Gasteiger partial charge on any atom is 0.416 e. The fraction of sp³-hybridized carbons (Fsp3) is 0.259. The van der Waals surface area contributed by atoms with Crippen LogP contribution in [0.4, 0.5) is 18.9 Å². The number of ether oxygens (including phenoxy) is 2. The molecule has 0 amide bonds. The highest BCUT2D eigenvalue weighted by Gasteiger charge is 2.31. The molecule has 3 rings (SSSR count). The molecule has 0 radical (unpaired) electrons. The highest BCUT2D eigenvalue weighted by atomic mass is 79.9. The Morgan fingerprint density at radius 1 is 1.17 bits per heavy atom. The van der Waals surface area contributed by atoms with E-state index >= 15 is 0 Å². The Morgan fingerprint density at radius 2 is 1.76 bits per heavy atom. The molecule has 3 aromatic carbocycles. The topological polar surface area (TPSA) is 206 Å². The molecule has 3 aromatic rings. The quantitative estimate of drug-likeness (QED) is 0.0926. The number of aromatic hydroxyl groups is 1. The van der Waals surface area contributed by atoms with Crippen LogP contribution in [0.2, 0.25) is 5.02 Å². The van der Waals surface area contributed by atoms with Crippen LogP contribution in [0.5, 0.6) is 23.0 Å². The zero-order valence-corrected chi connectivity index (χ0v) is 28.6. The Kier molecular flexibility index (Phi) is 16.0. The Balaban J connectivity index is 0.000000399. The molecule has 0 heterocycles. The first-order valence-electron chi connectivity index (χ1n) is 12.5. The standard InChI is InChI=1S/C15H11ClF3NO4.C7H3Br2NO.C5H12NO4P/c1-2-23-14-8-10(4-5-12(14)20(21)22)24-13-6-3-9(7-11(13)16)15(17,18)19;8-5-1-4(3-10)2-6(9)7(5)11;1-11(9,10)3-2-4(6)5(7)8/h3-8H,2H2,1H3;1-2,11H;4H,2-3,6H2,1H3,(H,7,8)(H,9,10). The lowest BCUT2D eigenvalue weighted by atomic mass is 10.2. The Hall–Kier alpha value is -3.39. The number of carboxylic acid groups (broad SMARTS) is 1. The second kappa shape index (κ2) is 18.1. The molecule has 2 atom stereocenters. The number of phenolic OH excluding ortho intramolecular Hbond substituents is 1. The lowest BCUT2D eigenvalue weighted by molar-refractivity contribution is -0.385. The molecule has 0 saturated heterocycles. The van der Waals surface area contributed by atoms with E-state index in [0.29, 0.717) is 14.5 Å². The van der Waals surface area contributed by atoms with Crippen LogP contribution >= 0.6 is 50.8 Å². The lowest BCUT2D eigenvalue weighted by Crippen LogP contribution is -2.30. The Morgan fingerprint density at radius 3 is 2.20 bits per heavy atom. The number of nitro benzene ring substituents is 1. The lowest BCUT2D eigenvalue weighted by Gasteiger charge is -2.12. The van der Waals surface area contributed by atoms with Gasteiger partial charge in [0.2, 0.25) is 5.75 Å². The van der Waals surface area contributed by atoms with E-state index in [9.17, 15) is 37.8 Å². The van der Waals surface area contributed by atoms with Gasteiger partial charge in [-0.2, -0.15) is 18.4 Å². The van der Waals surface area contributed by atoms with Crippen LogP contribution in [-0.4, -0.2) is 51.5 Å². The van der Waals surface area contributed by atoms with Gasteiger partial charge in [0.15, 0.2) is 7.37 Å². The van der Waals surface area contributed by atoms with Crippen molar-refractivity contribution in [2.24, 2.45) is 5.73 Å². The number of halogens is 6. The van der Waals surface area contributed by atoms with Crippen LogP contribution in [-0.2, 0) is 15.5 Å². The number of alkyl halides is 3. The number of phenols is 1. The van der Waals surface area contributed by atoms with Crippen molar-refractivity contribution in [3.63, 3.8) is 0 Å². The van der Waals surface area contributed by atoms with E-state index in [1.165, 1.54) is 24.9 Å². The van der Waals surface area contributed by atoms with E-state index in [1.807, 2.05) is 6.07 Å². The van der Waals surface area contributed by atoms with Gasteiger partial charge in [-0.1, -0.05) is 11.6 Å². The van der Waals surface area contributed by atoms with Crippen molar-refractivity contribution in [3.8, 4) is 29.1 Å². The number of hydrogen-bond acceptors (Lipinski definition) is 9. The van der Waals surface area contributed by atoms with E-state index in [2.05, 4.69) is 31.9 Å². The zero-order chi connectivity index (χ0) is 35.4. The molecule has 12 nitrogen and oxygen atoms in total. The van der Waals surface area contributed by atoms with E-state index < -0.39 is 36.0 Å². The maximum absolute atomic E-state index is 12.6. The smallest absolute Gasteiger partial charge is 0.416 e. The third kappa shape index (κ3) is 13.9. The number of benzene rings is 3. The third-order valence-corrected chi connectivity index (χ3v) is 7.83. The fourth-order valence-electron chi connectivity index (χ4n) is 3.00.